The highest BCUT2D eigenvalue weighted by molar-refractivity contribution is 4.91. The molecule has 1 heterocycles. The highest BCUT2D eigenvalue weighted by Gasteiger charge is 2.34. The molecule has 1 saturated carbocycles. The molecule has 0 aromatic carbocycles. The van der Waals surface area contributed by atoms with Gasteiger partial charge in [0.25, 0.3) is 0 Å². The van der Waals surface area contributed by atoms with Crippen LogP contribution >= 0.6 is 0 Å². The number of hydrogen-bond donors (Lipinski definition) is 1. The van der Waals surface area contributed by atoms with E-state index in [0.717, 1.165) is 38.1 Å². The molecule has 1 aliphatic heterocycles. The maximum atomic E-state index is 5.62. The van der Waals surface area contributed by atoms with Crippen molar-refractivity contribution in [1.82, 2.24) is 10.2 Å². The van der Waals surface area contributed by atoms with Crippen LogP contribution in [-0.4, -0.2) is 49.8 Å². The van der Waals surface area contributed by atoms with Crippen LogP contribution in [0.2, 0.25) is 0 Å². The van der Waals surface area contributed by atoms with Crippen LogP contribution in [0.15, 0.2) is 0 Å². The molecule has 17 heavy (non-hydrogen) atoms. The minimum absolute atomic E-state index is 0.705. The molecule has 1 aliphatic carbocycles. The standard InChI is InChI=1S/C14H28N2O/c1-3-9-17-10-8-16-11-14(13-4-5-13)15-7-6-12(16)2/h12-15H,3-11H2,1-2H3. The summed E-state index contributed by atoms with van der Waals surface area (Å²) in [5.74, 6) is 0.958. The maximum Gasteiger partial charge on any atom is 0.0593 e. The number of nitrogens with one attached hydrogen (secondary N) is 1. The molecule has 2 fully saturated rings. The summed E-state index contributed by atoms with van der Waals surface area (Å²) in [6.07, 6.45) is 5.28. The molecule has 0 spiro atoms. The van der Waals surface area contributed by atoms with Gasteiger partial charge >= 0.3 is 0 Å². The van der Waals surface area contributed by atoms with Crippen LogP contribution in [0.5, 0.6) is 0 Å². The van der Waals surface area contributed by atoms with Crippen LogP contribution in [0.25, 0.3) is 0 Å². The third-order valence-electron chi connectivity index (χ3n) is 4.09. The van der Waals surface area contributed by atoms with Crippen LogP contribution in [0.3, 0.4) is 0 Å². The molecule has 1 saturated heterocycles. The lowest BCUT2D eigenvalue weighted by molar-refractivity contribution is 0.0881. The molecule has 2 rings (SSSR count). The molecular weight excluding hydrogens is 212 g/mol. The molecule has 0 bridgehead atoms. The van der Waals surface area contributed by atoms with E-state index in [-0.39, 0.29) is 0 Å². The van der Waals surface area contributed by atoms with Crippen molar-refractivity contribution in [2.45, 2.75) is 51.6 Å². The minimum Gasteiger partial charge on any atom is -0.380 e. The van der Waals surface area contributed by atoms with Gasteiger partial charge < -0.3 is 10.1 Å². The van der Waals surface area contributed by atoms with Gasteiger partial charge in [-0.1, -0.05) is 6.92 Å². The molecule has 2 atom stereocenters. The summed E-state index contributed by atoms with van der Waals surface area (Å²) in [5, 5.41) is 3.72. The molecule has 3 heteroatoms. The molecule has 2 unspecified atom stereocenters. The molecule has 100 valence electrons. The second-order valence-corrected chi connectivity index (χ2v) is 5.64. The van der Waals surface area contributed by atoms with Crippen molar-refractivity contribution in [2.24, 2.45) is 5.92 Å². The lowest BCUT2D eigenvalue weighted by atomic mass is 10.1. The monoisotopic (exact) mass is 240 g/mol. The lowest BCUT2D eigenvalue weighted by Crippen LogP contribution is -2.42. The summed E-state index contributed by atoms with van der Waals surface area (Å²) in [4.78, 5) is 2.62. The zero-order valence-corrected chi connectivity index (χ0v) is 11.5. The Morgan fingerprint density at radius 2 is 2.06 bits per heavy atom. The first-order valence-corrected chi connectivity index (χ1v) is 7.36. The van der Waals surface area contributed by atoms with Crippen LogP contribution < -0.4 is 5.32 Å². The van der Waals surface area contributed by atoms with E-state index in [2.05, 4.69) is 24.1 Å². The van der Waals surface area contributed by atoms with Gasteiger partial charge in [0.05, 0.1) is 6.61 Å². The fourth-order valence-corrected chi connectivity index (χ4v) is 2.71. The fourth-order valence-electron chi connectivity index (χ4n) is 2.71. The molecule has 2 aliphatic rings. The quantitative estimate of drug-likeness (QED) is 0.717. The zero-order chi connectivity index (χ0) is 12.1. The van der Waals surface area contributed by atoms with Crippen LogP contribution in [-0.2, 0) is 4.74 Å². The van der Waals surface area contributed by atoms with Crippen LogP contribution in [0, 0.1) is 5.92 Å². The Balaban J connectivity index is 1.75. The van der Waals surface area contributed by atoms with E-state index in [9.17, 15) is 0 Å². The highest BCUT2D eigenvalue weighted by atomic mass is 16.5. The molecule has 3 nitrogen and oxygen atoms in total. The van der Waals surface area contributed by atoms with Crippen LogP contribution in [0.4, 0.5) is 0 Å². The van der Waals surface area contributed by atoms with Crippen LogP contribution in [0.1, 0.15) is 39.5 Å². The average Bonchev–Trinajstić information content (AvgIpc) is 3.13. The third-order valence-corrected chi connectivity index (χ3v) is 4.09. The third kappa shape index (κ3) is 4.23. The Morgan fingerprint density at radius 3 is 2.76 bits per heavy atom. The van der Waals surface area contributed by atoms with Crippen molar-refractivity contribution < 1.29 is 4.74 Å². The van der Waals surface area contributed by atoms with Gasteiger partial charge in [-0.05, 0) is 45.1 Å². The Hall–Kier alpha value is -0.120. The van der Waals surface area contributed by atoms with E-state index in [1.54, 1.807) is 0 Å². The fraction of sp³-hybridized carbons (Fsp3) is 1.00. The van der Waals surface area contributed by atoms with Crippen molar-refractivity contribution in [3.8, 4) is 0 Å². The van der Waals surface area contributed by atoms with Crippen molar-refractivity contribution in [1.29, 1.82) is 0 Å². The molecule has 0 aromatic rings. The molecule has 0 amide bonds. The predicted molar refractivity (Wildman–Crippen MR) is 71.3 cm³/mol. The first-order valence-electron chi connectivity index (χ1n) is 7.36. The first-order chi connectivity index (χ1) is 8.31. The Morgan fingerprint density at radius 1 is 1.24 bits per heavy atom. The van der Waals surface area contributed by atoms with Crippen molar-refractivity contribution in [2.75, 3.05) is 32.8 Å². The van der Waals surface area contributed by atoms with E-state index in [0.29, 0.717) is 6.04 Å². The van der Waals surface area contributed by atoms with E-state index >= 15 is 0 Å². The molecule has 1 N–H and O–H groups in total. The SMILES string of the molecule is CCCOCCN1CC(C2CC2)NCCC1C. The molecule has 0 radical (unpaired) electrons. The van der Waals surface area contributed by atoms with E-state index < -0.39 is 0 Å². The van der Waals surface area contributed by atoms with E-state index in [4.69, 9.17) is 4.74 Å². The summed E-state index contributed by atoms with van der Waals surface area (Å²) in [5.41, 5.74) is 0. The van der Waals surface area contributed by atoms with Crippen molar-refractivity contribution >= 4 is 0 Å². The Labute approximate surface area is 106 Å². The van der Waals surface area contributed by atoms with Gasteiger partial charge in [-0.3, -0.25) is 4.90 Å². The smallest absolute Gasteiger partial charge is 0.0593 e. The summed E-state index contributed by atoms with van der Waals surface area (Å²) in [6, 6.07) is 1.45. The maximum absolute atomic E-state index is 5.62. The summed E-state index contributed by atoms with van der Waals surface area (Å²) in [6.45, 7) is 9.85. The van der Waals surface area contributed by atoms with Crippen molar-refractivity contribution in [3.63, 3.8) is 0 Å². The van der Waals surface area contributed by atoms with Gasteiger partial charge in [0.2, 0.25) is 0 Å². The van der Waals surface area contributed by atoms with Gasteiger partial charge in [-0.15, -0.1) is 0 Å². The predicted octanol–water partition coefficient (Wildman–Crippen LogP) is 1.88. The molecule has 0 aromatic heterocycles. The summed E-state index contributed by atoms with van der Waals surface area (Å²) < 4.78 is 5.62. The normalized spacial score (nSPS) is 31.4. The lowest BCUT2D eigenvalue weighted by Gasteiger charge is -2.29. The zero-order valence-electron chi connectivity index (χ0n) is 11.5. The Bertz CT molecular complexity index is 218. The topological polar surface area (TPSA) is 24.5 Å². The second-order valence-electron chi connectivity index (χ2n) is 5.64. The summed E-state index contributed by atoms with van der Waals surface area (Å²) >= 11 is 0. The summed E-state index contributed by atoms with van der Waals surface area (Å²) in [7, 11) is 0. The largest absolute Gasteiger partial charge is 0.380 e. The average molecular weight is 240 g/mol. The number of rotatable bonds is 6. The minimum atomic E-state index is 0.705. The van der Waals surface area contributed by atoms with Gasteiger partial charge in [-0.25, -0.2) is 0 Å². The van der Waals surface area contributed by atoms with Gasteiger partial charge in [0.15, 0.2) is 0 Å². The number of hydrogen-bond acceptors (Lipinski definition) is 3. The van der Waals surface area contributed by atoms with Gasteiger partial charge in [0.1, 0.15) is 0 Å². The number of ether oxygens (including phenoxy) is 1. The highest BCUT2D eigenvalue weighted by Crippen LogP contribution is 2.33. The second kappa shape index (κ2) is 6.72. The van der Waals surface area contributed by atoms with Gasteiger partial charge in [-0.2, -0.15) is 0 Å². The van der Waals surface area contributed by atoms with Gasteiger partial charge in [0, 0.05) is 31.8 Å². The van der Waals surface area contributed by atoms with E-state index in [1.165, 1.54) is 32.4 Å². The van der Waals surface area contributed by atoms with E-state index in [1.807, 2.05) is 0 Å². The number of nitrogens with zero attached hydrogens (tertiary/aromatic N) is 1. The van der Waals surface area contributed by atoms with Crippen molar-refractivity contribution in [3.05, 3.63) is 0 Å². The Kier molecular flexibility index (Phi) is 5.26. The molecular formula is C14H28N2O. The first kappa shape index (κ1) is 13.3.